The number of hydrogen-bond acceptors (Lipinski definition) is 4. The lowest BCUT2D eigenvalue weighted by Crippen LogP contribution is -2.38. The van der Waals surface area contributed by atoms with Gasteiger partial charge in [-0.2, -0.15) is 9.50 Å². The van der Waals surface area contributed by atoms with Crippen molar-refractivity contribution in [3.05, 3.63) is 27.4 Å². The Kier molecular flexibility index (Phi) is 3.27. The number of amides is 1. The summed E-state index contributed by atoms with van der Waals surface area (Å²) in [5.41, 5.74) is 0.982. The van der Waals surface area contributed by atoms with E-state index in [0.717, 1.165) is 25.9 Å². The van der Waals surface area contributed by atoms with Gasteiger partial charge in [0.05, 0.1) is 0 Å². The third-order valence-electron chi connectivity index (χ3n) is 4.24. The van der Waals surface area contributed by atoms with E-state index in [1.807, 2.05) is 0 Å². The van der Waals surface area contributed by atoms with Gasteiger partial charge in [0.15, 0.2) is 0 Å². The lowest BCUT2D eigenvalue weighted by Gasteiger charge is -2.29. The zero-order chi connectivity index (χ0) is 15.1. The number of aromatic nitrogens is 4. The number of rotatable bonds is 1. The van der Waals surface area contributed by atoms with Crippen molar-refractivity contribution < 1.29 is 4.79 Å². The molecule has 0 spiro atoms. The first-order chi connectivity index (χ1) is 9.97. The Balaban J connectivity index is 1.96. The standard InChI is InChI=1S/C14H19N5O2/c1-8-4-6-18(7-5-8)13(21)11-16-14-15-10(3)9(2)12(20)19(14)17-11/h8H,4-7H2,1-3H3,(H,15,16,17). The van der Waals surface area contributed by atoms with E-state index in [0.29, 0.717) is 17.2 Å². The molecule has 1 aliphatic heterocycles. The smallest absolute Gasteiger partial charge is 0.291 e. The fourth-order valence-electron chi connectivity index (χ4n) is 2.56. The van der Waals surface area contributed by atoms with Crippen LogP contribution in [-0.4, -0.2) is 43.5 Å². The largest absolute Gasteiger partial charge is 0.336 e. The molecule has 0 bridgehead atoms. The summed E-state index contributed by atoms with van der Waals surface area (Å²) in [6.45, 7) is 7.14. The molecule has 2 aromatic heterocycles. The van der Waals surface area contributed by atoms with Crippen LogP contribution in [0, 0.1) is 19.8 Å². The molecule has 3 rings (SSSR count). The summed E-state index contributed by atoms with van der Waals surface area (Å²) in [5.74, 6) is 0.914. The summed E-state index contributed by atoms with van der Waals surface area (Å²) in [4.78, 5) is 34.8. The molecule has 0 saturated carbocycles. The number of piperidine rings is 1. The molecule has 1 amide bonds. The van der Waals surface area contributed by atoms with Crippen LogP contribution >= 0.6 is 0 Å². The number of aromatic amines is 1. The topological polar surface area (TPSA) is 83.4 Å². The molecular formula is C14H19N5O2. The first kappa shape index (κ1) is 13.8. The Hall–Kier alpha value is -2.18. The van der Waals surface area contributed by atoms with Gasteiger partial charge in [0.2, 0.25) is 5.82 Å². The number of fused-ring (bicyclic) bond motifs is 1. The van der Waals surface area contributed by atoms with Crippen LogP contribution in [-0.2, 0) is 0 Å². The van der Waals surface area contributed by atoms with Crippen LogP contribution in [0.5, 0.6) is 0 Å². The summed E-state index contributed by atoms with van der Waals surface area (Å²) in [6.07, 6.45) is 2.00. The Bertz CT molecular complexity index is 753. The van der Waals surface area contributed by atoms with Crippen molar-refractivity contribution >= 4 is 11.7 Å². The van der Waals surface area contributed by atoms with Crippen LogP contribution in [0.25, 0.3) is 5.78 Å². The third-order valence-corrected chi connectivity index (χ3v) is 4.24. The van der Waals surface area contributed by atoms with Gasteiger partial charge >= 0.3 is 0 Å². The molecule has 112 valence electrons. The van der Waals surface area contributed by atoms with Crippen LogP contribution in [0.3, 0.4) is 0 Å². The number of carbonyl (C=O) groups is 1. The second-order valence-electron chi connectivity index (χ2n) is 5.81. The van der Waals surface area contributed by atoms with E-state index >= 15 is 0 Å². The van der Waals surface area contributed by atoms with Crippen molar-refractivity contribution in [2.24, 2.45) is 5.92 Å². The Morgan fingerprint density at radius 3 is 2.57 bits per heavy atom. The molecule has 0 radical (unpaired) electrons. The minimum atomic E-state index is -0.212. The number of H-pyrrole nitrogens is 1. The van der Waals surface area contributed by atoms with Crippen LogP contribution in [0.2, 0.25) is 0 Å². The third kappa shape index (κ3) is 2.32. The monoisotopic (exact) mass is 289 g/mol. The van der Waals surface area contributed by atoms with Crippen molar-refractivity contribution in [1.82, 2.24) is 24.5 Å². The highest BCUT2D eigenvalue weighted by Gasteiger charge is 2.24. The van der Waals surface area contributed by atoms with E-state index in [4.69, 9.17) is 0 Å². The van der Waals surface area contributed by atoms with Crippen molar-refractivity contribution in [2.45, 2.75) is 33.6 Å². The molecule has 0 atom stereocenters. The maximum absolute atomic E-state index is 12.4. The van der Waals surface area contributed by atoms with Crippen LogP contribution < -0.4 is 5.56 Å². The number of carbonyl (C=O) groups excluding carboxylic acids is 1. The fourth-order valence-corrected chi connectivity index (χ4v) is 2.56. The number of hydrogen-bond donors (Lipinski definition) is 1. The van der Waals surface area contributed by atoms with Gasteiger partial charge in [-0.3, -0.25) is 14.7 Å². The van der Waals surface area contributed by atoms with Crippen LogP contribution in [0.1, 0.15) is 41.6 Å². The molecule has 1 saturated heterocycles. The number of likely N-dealkylation sites (tertiary alicyclic amines) is 1. The molecular weight excluding hydrogens is 270 g/mol. The highest BCUT2D eigenvalue weighted by Crippen LogP contribution is 2.17. The molecule has 0 unspecified atom stereocenters. The highest BCUT2D eigenvalue weighted by molar-refractivity contribution is 5.90. The van der Waals surface area contributed by atoms with Gasteiger partial charge in [-0.15, -0.1) is 0 Å². The second kappa shape index (κ2) is 4.98. The van der Waals surface area contributed by atoms with E-state index in [9.17, 15) is 9.59 Å². The van der Waals surface area contributed by atoms with Crippen molar-refractivity contribution in [1.29, 1.82) is 0 Å². The number of aryl methyl sites for hydroxylation is 1. The molecule has 0 aromatic carbocycles. The molecule has 21 heavy (non-hydrogen) atoms. The van der Waals surface area contributed by atoms with E-state index in [1.54, 1.807) is 18.7 Å². The zero-order valence-corrected chi connectivity index (χ0v) is 12.5. The summed E-state index contributed by atoms with van der Waals surface area (Å²) in [6, 6.07) is 0. The molecule has 0 aliphatic carbocycles. The number of nitrogens with one attached hydrogen (secondary N) is 1. The predicted octanol–water partition coefficient (Wildman–Crippen LogP) is 0.907. The van der Waals surface area contributed by atoms with Crippen molar-refractivity contribution in [2.75, 3.05) is 13.1 Å². The molecule has 7 heteroatoms. The maximum atomic E-state index is 12.4. The van der Waals surface area contributed by atoms with E-state index < -0.39 is 0 Å². The first-order valence-electron chi connectivity index (χ1n) is 7.22. The van der Waals surface area contributed by atoms with Crippen LogP contribution in [0.4, 0.5) is 0 Å². The van der Waals surface area contributed by atoms with E-state index in [1.165, 1.54) is 4.52 Å². The maximum Gasteiger partial charge on any atom is 0.291 e. The lowest BCUT2D eigenvalue weighted by molar-refractivity contribution is 0.0685. The van der Waals surface area contributed by atoms with Gasteiger partial charge in [-0.25, -0.2) is 4.98 Å². The predicted molar refractivity (Wildman–Crippen MR) is 77.4 cm³/mol. The average molecular weight is 289 g/mol. The van der Waals surface area contributed by atoms with Crippen molar-refractivity contribution in [3.8, 4) is 0 Å². The Morgan fingerprint density at radius 2 is 1.90 bits per heavy atom. The summed E-state index contributed by atoms with van der Waals surface area (Å²) >= 11 is 0. The van der Waals surface area contributed by atoms with Crippen LogP contribution in [0.15, 0.2) is 4.79 Å². The van der Waals surface area contributed by atoms with Gasteiger partial charge in [-0.1, -0.05) is 6.92 Å². The first-order valence-corrected chi connectivity index (χ1v) is 7.22. The molecule has 3 heterocycles. The van der Waals surface area contributed by atoms with Gasteiger partial charge in [0.1, 0.15) is 0 Å². The summed E-state index contributed by atoms with van der Waals surface area (Å²) in [5, 5.41) is 2.78. The number of nitrogens with zero attached hydrogens (tertiary/aromatic N) is 4. The summed E-state index contributed by atoms with van der Waals surface area (Å²) in [7, 11) is 0. The minimum Gasteiger partial charge on any atom is -0.336 e. The SMILES string of the molecule is Cc1nc2nc(C(=O)N3CCC(C)CC3)[nH]n2c(=O)c1C. The Labute approximate surface area is 122 Å². The fraction of sp³-hybridized carbons (Fsp3) is 0.571. The van der Waals surface area contributed by atoms with E-state index in [2.05, 4.69) is 22.0 Å². The second-order valence-corrected chi connectivity index (χ2v) is 5.81. The van der Waals surface area contributed by atoms with Gasteiger partial charge in [-0.05, 0) is 32.6 Å². The molecule has 1 N–H and O–H groups in total. The summed E-state index contributed by atoms with van der Waals surface area (Å²) < 4.78 is 1.24. The molecule has 7 nitrogen and oxygen atoms in total. The lowest BCUT2D eigenvalue weighted by atomic mass is 9.99. The zero-order valence-electron chi connectivity index (χ0n) is 12.5. The van der Waals surface area contributed by atoms with Gasteiger partial charge in [0.25, 0.3) is 17.2 Å². The minimum absolute atomic E-state index is 0.165. The molecule has 1 aliphatic rings. The molecule has 1 fully saturated rings. The highest BCUT2D eigenvalue weighted by atomic mass is 16.2. The van der Waals surface area contributed by atoms with E-state index in [-0.39, 0.29) is 23.1 Å². The van der Waals surface area contributed by atoms with Crippen molar-refractivity contribution in [3.63, 3.8) is 0 Å². The van der Waals surface area contributed by atoms with Gasteiger partial charge < -0.3 is 4.90 Å². The van der Waals surface area contributed by atoms with Gasteiger partial charge in [0, 0.05) is 24.3 Å². The average Bonchev–Trinajstić information content (AvgIpc) is 2.89. The Morgan fingerprint density at radius 1 is 1.24 bits per heavy atom. The quantitative estimate of drug-likeness (QED) is 0.845. The molecule has 2 aromatic rings. The normalized spacial score (nSPS) is 16.6.